The monoisotopic (exact) mass is 367 g/mol. The average molecular weight is 367 g/mol. The van der Waals surface area contributed by atoms with E-state index in [-0.39, 0.29) is 6.03 Å². The third-order valence-corrected chi connectivity index (χ3v) is 4.61. The number of hydrogen-bond donors (Lipinski definition) is 1. The minimum absolute atomic E-state index is 0.154. The van der Waals surface area contributed by atoms with Crippen LogP contribution < -0.4 is 10.2 Å². The maximum absolute atomic E-state index is 13.2. The largest absolute Gasteiger partial charge is 0.337 e. The molecule has 0 bridgehead atoms. The fourth-order valence-electron chi connectivity index (χ4n) is 3.27. The van der Waals surface area contributed by atoms with Crippen LogP contribution in [0.25, 0.3) is 10.8 Å². The fourth-order valence-corrected chi connectivity index (χ4v) is 3.27. The summed E-state index contributed by atoms with van der Waals surface area (Å²) in [5.74, 6) is 0. The van der Waals surface area contributed by atoms with Crippen molar-refractivity contribution < 1.29 is 4.79 Å². The highest BCUT2D eigenvalue weighted by Crippen LogP contribution is 2.32. The molecule has 0 saturated carbocycles. The van der Waals surface area contributed by atoms with Crippen LogP contribution in [0.2, 0.25) is 0 Å². The molecule has 1 heterocycles. The minimum Gasteiger partial charge on any atom is -0.337 e. The molecule has 3 aromatic carbocycles. The Balaban J connectivity index is 1.63. The summed E-state index contributed by atoms with van der Waals surface area (Å²) < 4.78 is 0. The molecule has 28 heavy (non-hydrogen) atoms. The maximum atomic E-state index is 13.2. The molecule has 4 nitrogen and oxygen atoms in total. The SMILES string of the molecule is O=C(NCCc1ccccn1)N(c1ccccc1)c1cccc2ccccc12. The van der Waals surface area contributed by atoms with Crippen molar-refractivity contribution in [2.24, 2.45) is 0 Å². The predicted octanol–water partition coefficient (Wildman–Crippen LogP) is 5.33. The Hall–Kier alpha value is -3.66. The molecular formula is C24H21N3O. The lowest BCUT2D eigenvalue weighted by Crippen LogP contribution is -2.38. The minimum atomic E-state index is -0.154. The Morgan fingerprint density at radius 1 is 0.821 bits per heavy atom. The van der Waals surface area contributed by atoms with Crippen molar-refractivity contribution >= 4 is 28.2 Å². The van der Waals surface area contributed by atoms with Crippen molar-refractivity contribution in [2.45, 2.75) is 6.42 Å². The van der Waals surface area contributed by atoms with Crippen LogP contribution in [-0.2, 0) is 6.42 Å². The number of hydrogen-bond acceptors (Lipinski definition) is 2. The van der Waals surface area contributed by atoms with Crippen LogP contribution in [0.15, 0.2) is 97.2 Å². The van der Waals surface area contributed by atoms with Gasteiger partial charge in [0.1, 0.15) is 0 Å². The first-order valence-electron chi connectivity index (χ1n) is 9.33. The standard InChI is InChI=1S/C24H21N3O/c28-24(26-18-16-20-11-6-7-17-25-20)27(21-12-2-1-3-13-21)23-15-8-10-19-9-4-5-14-22(19)23/h1-15,17H,16,18H2,(H,26,28). The maximum Gasteiger partial charge on any atom is 0.326 e. The van der Waals surface area contributed by atoms with Gasteiger partial charge in [-0.15, -0.1) is 0 Å². The number of aromatic nitrogens is 1. The second-order valence-electron chi connectivity index (χ2n) is 6.47. The van der Waals surface area contributed by atoms with E-state index in [9.17, 15) is 4.79 Å². The van der Waals surface area contributed by atoms with E-state index in [0.717, 1.165) is 27.8 Å². The summed E-state index contributed by atoms with van der Waals surface area (Å²) >= 11 is 0. The Morgan fingerprint density at radius 2 is 1.57 bits per heavy atom. The molecule has 0 atom stereocenters. The number of pyridine rings is 1. The molecular weight excluding hydrogens is 346 g/mol. The van der Waals surface area contributed by atoms with Gasteiger partial charge in [-0.1, -0.05) is 60.7 Å². The summed E-state index contributed by atoms with van der Waals surface area (Å²) in [5.41, 5.74) is 2.65. The van der Waals surface area contributed by atoms with Crippen LogP contribution >= 0.6 is 0 Å². The van der Waals surface area contributed by atoms with E-state index in [1.165, 1.54) is 0 Å². The van der Waals surface area contributed by atoms with Crippen LogP contribution in [0, 0.1) is 0 Å². The lowest BCUT2D eigenvalue weighted by Gasteiger charge is -2.25. The van der Waals surface area contributed by atoms with Gasteiger partial charge in [0.2, 0.25) is 0 Å². The van der Waals surface area contributed by atoms with Gasteiger partial charge in [0.15, 0.2) is 0 Å². The number of rotatable bonds is 5. The Bertz CT molecular complexity index is 1060. The lowest BCUT2D eigenvalue weighted by atomic mass is 10.1. The predicted molar refractivity (Wildman–Crippen MR) is 114 cm³/mol. The van der Waals surface area contributed by atoms with Gasteiger partial charge in [-0.2, -0.15) is 0 Å². The van der Waals surface area contributed by atoms with E-state index >= 15 is 0 Å². The number of benzene rings is 3. The smallest absolute Gasteiger partial charge is 0.326 e. The van der Waals surface area contributed by atoms with E-state index in [1.807, 2.05) is 78.9 Å². The molecule has 0 radical (unpaired) electrons. The summed E-state index contributed by atoms with van der Waals surface area (Å²) in [7, 11) is 0. The summed E-state index contributed by atoms with van der Waals surface area (Å²) in [6.07, 6.45) is 2.45. The van der Waals surface area contributed by atoms with Gasteiger partial charge in [-0.25, -0.2) is 4.79 Å². The van der Waals surface area contributed by atoms with Gasteiger partial charge < -0.3 is 5.32 Å². The van der Waals surface area contributed by atoms with Crippen molar-refractivity contribution in [2.75, 3.05) is 11.4 Å². The number of anilines is 2. The number of nitrogens with one attached hydrogen (secondary N) is 1. The number of fused-ring (bicyclic) bond motifs is 1. The van der Waals surface area contributed by atoms with Crippen molar-refractivity contribution in [3.05, 3.63) is 103 Å². The molecule has 0 aliphatic carbocycles. The third-order valence-electron chi connectivity index (χ3n) is 4.61. The van der Waals surface area contributed by atoms with Gasteiger partial charge in [0.25, 0.3) is 0 Å². The van der Waals surface area contributed by atoms with Gasteiger partial charge in [0.05, 0.1) is 11.4 Å². The van der Waals surface area contributed by atoms with E-state index < -0.39 is 0 Å². The molecule has 0 saturated heterocycles. The number of carbonyl (C=O) groups excluding carboxylic acids is 1. The zero-order valence-electron chi connectivity index (χ0n) is 15.5. The van der Waals surface area contributed by atoms with Crippen molar-refractivity contribution in [3.63, 3.8) is 0 Å². The second-order valence-corrected chi connectivity index (χ2v) is 6.47. The number of nitrogens with zero attached hydrogens (tertiary/aromatic N) is 2. The molecule has 4 aromatic rings. The quantitative estimate of drug-likeness (QED) is 0.518. The molecule has 0 aliphatic rings. The highest BCUT2D eigenvalue weighted by atomic mass is 16.2. The average Bonchev–Trinajstić information content (AvgIpc) is 2.76. The third kappa shape index (κ3) is 3.86. The Labute approximate surface area is 164 Å². The molecule has 138 valence electrons. The topological polar surface area (TPSA) is 45.2 Å². The van der Waals surface area contributed by atoms with Gasteiger partial charge >= 0.3 is 6.03 Å². The molecule has 1 N–H and O–H groups in total. The highest BCUT2D eigenvalue weighted by Gasteiger charge is 2.19. The molecule has 4 heteroatoms. The van der Waals surface area contributed by atoms with Crippen LogP contribution in [0.4, 0.5) is 16.2 Å². The van der Waals surface area contributed by atoms with Gasteiger partial charge in [0, 0.05) is 30.2 Å². The van der Waals surface area contributed by atoms with E-state index in [4.69, 9.17) is 0 Å². The molecule has 0 aliphatic heterocycles. The van der Waals surface area contributed by atoms with Crippen molar-refractivity contribution in [3.8, 4) is 0 Å². The van der Waals surface area contributed by atoms with E-state index in [1.54, 1.807) is 11.1 Å². The summed E-state index contributed by atoms with van der Waals surface area (Å²) in [5, 5.41) is 5.18. The van der Waals surface area contributed by atoms with Crippen LogP contribution in [0.5, 0.6) is 0 Å². The summed E-state index contributed by atoms with van der Waals surface area (Å²) in [4.78, 5) is 19.2. The molecule has 0 spiro atoms. The van der Waals surface area contributed by atoms with E-state index in [0.29, 0.717) is 13.0 Å². The summed E-state index contributed by atoms with van der Waals surface area (Å²) in [6, 6.07) is 29.5. The first-order valence-corrected chi connectivity index (χ1v) is 9.33. The zero-order chi connectivity index (χ0) is 19.2. The first-order chi connectivity index (χ1) is 13.8. The van der Waals surface area contributed by atoms with Crippen LogP contribution in [-0.4, -0.2) is 17.6 Å². The fraction of sp³-hybridized carbons (Fsp3) is 0.0833. The number of para-hydroxylation sites is 1. The molecule has 0 fully saturated rings. The highest BCUT2D eigenvalue weighted by molar-refractivity contribution is 6.07. The first kappa shape index (κ1) is 17.7. The Kier molecular flexibility index (Phi) is 5.29. The van der Waals surface area contributed by atoms with Crippen LogP contribution in [0.1, 0.15) is 5.69 Å². The zero-order valence-corrected chi connectivity index (χ0v) is 15.5. The normalized spacial score (nSPS) is 10.6. The van der Waals surface area contributed by atoms with E-state index in [2.05, 4.69) is 22.4 Å². The molecule has 2 amide bonds. The summed E-state index contributed by atoms with van der Waals surface area (Å²) in [6.45, 7) is 0.518. The number of amides is 2. The molecule has 4 rings (SSSR count). The number of carbonyl (C=O) groups is 1. The lowest BCUT2D eigenvalue weighted by molar-refractivity contribution is 0.248. The van der Waals surface area contributed by atoms with Gasteiger partial charge in [-0.05, 0) is 35.7 Å². The molecule has 1 aromatic heterocycles. The van der Waals surface area contributed by atoms with Crippen LogP contribution in [0.3, 0.4) is 0 Å². The Morgan fingerprint density at radius 3 is 2.39 bits per heavy atom. The second kappa shape index (κ2) is 8.35. The van der Waals surface area contributed by atoms with Crippen molar-refractivity contribution in [1.82, 2.24) is 10.3 Å². The van der Waals surface area contributed by atoms with Gasteiger partial charge in [-0.3, -0.25) is 9.88 Å². The van der Waals surface area contributed by atoms with Crippen molar-refractivity contribution in [1.29, 1.82) is 0 Å². The molecule has 0 unspecified atom stereocenters. The number of urea groups is 1.